The topological polar surface area (TPSA) is 58.6 Å². The van der Waals surface area contributed by atoms with E-state index in [9.17, 15) is 9.90 Å². The van der Waals surface area contributed by atoms with Crippen molar-refractivity contribution in [3.8, 4) is 0 Å². The molecule has 0 heterocycles. The second-order valence-electron chi connectivity index (χ2n) is 4.85. The SMILES string of the molecule is CC(C)(C)OC(=O)N[C@H](O)Cc1ccccc1. The molecule has 4 nitrogen and oxygen atoms in total. The Hall–Kier alpha value is -1.55. The summed E-state index contributed by atoms with van der Waals surface area (Å²) < 4.78 is 5.04. The van der Waals surface area contributed by atoms with Gasteiger partial charge in [0.2, 0.25) is 0 Å². The van der Waals surface area contributed by atoms with Crippen LogP contribution in [0.4, 0.5) is 4.79 Å². The molecule has 0 saturated carbocycles. The van der Waals surface area contributed by atoms with Gasteiger partial charge in [-0.05, 0) is 26.3 Å². The number of hydrogen-bond acceptors (Lipinski definition) is 3. The summed E-state index contributed by atoms with van der Waals surface area (Å²) in [4.78, 5) is 11.4. The van der Waals surface area contributed by atoms with Gasteiger partial charge in [-0.3, -0.25) is 5.32 Å². The molecular weight excluding hydrogens is 218 g/mol. The van der Waals surface area contributed by atoms with Gasteiger partial charge in [0.1, 0.15) is 11.8 Å². The summed E-state index contributed by atoms with van der Waals surface area (Å²) in [5, 5.41) is 12.0. The summed E-state index contributed by atoms with van der Waals surface area (Å²) in [6.07, 6.45) is -1.19. The Kier molecular flexibility index (Phi) is 4.52. The number of aliphatic hydroxyl groups excluding tert-OH is 1. The summed E-state index contributed by atoms with van der Waals surface area (Å²) in [6.45, 7) is 5.32. The highest BCUT2D eigenvalue weighted by molar-refractivity contribution is 5.67. The minimum Gasteiger partial charge on any atom is -0.444 e. The third-order valence-corrected chi connectivity index (χ3v) is 1.96. The average molecular weight is 237 g/mol. The molecule has 1 aromatic rings. The molecule has 0 aromatic heterocycles. The van der Waals surface area contributed by atoms with E-state index in [1.54, 1.807) is 20.8 Å². The zero-order valence-corrected chi connectivity index (χ0v) is 10.4. The van der Waals surface area contributed by atoms with E-state index in [0.29, 0.717) is 6.42 Å². The standard InChI is InChI=1S/C13H19NO3/c1-13(2,3)17-12(16)14-11(15)9-10-7-5-4-6-8-10/h4-8,11,15H,9H2,1-3H3,(H,14,16)/t11-/m1/s1. The van der Waals surface area contributed by atoms with Gasteiger partial charge in [-0.15, -0.1) is 0 Å². The number of alkyl carbamates (subject to hydrolysis) is 1. The summed E-state index contributed by atoms with van der Waals surface area (Å²) >= 11 is 0. The molecule has 0 saturated heterocycles. The molecule has 0 spiro atoms. The van der Waals surface area contributed by atoms with Crippen molar-refractivity contribution in [3.05, 3.63) is 35.9 Å². The molecule has 94 valence electrons. The van der Waals surface area contributed by atoms with Gasteiger partial charge in [-0.2, -0.15) is 0 Å². The van der Waals surface area contributed by atoms with E-state index in [0.717, 1.165) is 5.56 Å². The molecule has 17 heavy (non-hydrogen) atoms. The molecule has 0 radical (unpaired) electrons. The molecule has 1 atom stereocenters. The van der Waals surface area contributed by atoms with Crippen LogP contribution < -0.4 is 5.32 Å². The predicted molar refractivity (Wildman–Crippen MR) is 65.5 cm³/mol. The smallest absolute Gasteiger partial charge is 0.409 e. The number of carbonyl (C=O) groups is 1. The van der Waals surface area contributed by atoms with E-state index in [2.05, 4.69) is 5.32 Å². The fraction of sp³-hybridized carbons (Fsp3) is 0.462. The van der Waals surface area contributed by atoms with Gasteiger partial charge in [-0.25, -0.2) is 4.79 Å². The van der Waals surface area contributed by atoms with Crippen molar-refractivity contribution < 1.29 is 14.6 Å². The van der Waals surface area contributed by atoms with Crippen LogP contribution in [0.25, 0.3) is 0 Å². The number of hydrogen-bond donors (Lipinski definition) is 2. The van der Waals surface area contributed by atoms with E-state index in [1.165, 1.54) is 0 Å². The van der Waals surface area contributed by atoms with Crippen molar-refractivity contribution >= 4 is 6.09 Å². The first kappa shape index (κ1) is 13.5. The van der Waals surface area contributed by atoms with Crippen LogP contribution in [0, 0.1) is 0 Å². The average Bonchev–Trinajstić information content (AvgIpc) is 2.15. The first-order valence-corrected chi connectivity index (χ1v) is 5.58. The molecule has 1 aromatic carbocycles. The maximum Gasteiger partial charge on any atom is 0.409 e. The molecule has 2 N–H and O–H groups in total. The van der Waals surface area contributed by atoms with Crippen molar-refractivity contribution in [2.24, 2.45) is 0 Å². The highest BCUT2D eigenvalue weighted by Crippen LogP contribution is 2.07. The molecule has 0 fully saturated rings. The van der Waals surface area contributed by atoms with E-state index in [-0.39, 0.29) is 0 Å². The van der Waals surface area contributed by atoms with Gasteiger partial charge < -0.3 is 9.84 Å². The second kappa shape index (κ2) is 5.68. The normalized spacial score (nSPS) is 12.9. The van der Waals surface area contributed by atoms with Crippen LogP contribution in [-0.4, -0.2) is 23.0 Å². The highest BCUT2D eigenvalue weighted by atomic mass is 16.6. The van der Waals surface area contributed by atoms with Crippen molar-refractivity contribution in [2.75, 3.05) is 0 Å². The summed E-state index contributed by atoms with van der Waals surface area (Å²) in [7, 11) is 0. The molecule has 1 rings (SSSR count). The molecule has 0 bridgehead atoms. The summed E-state index contributed by atoms with van der Waals surface area (Å²) in [5.74, 6) is 0. The fourth-order valence-electron chi connectivity index (χ4n) is 1.33. The quantitative estimate of drug-likeness (QED) is 0.791. The van der Waals surface area contributed by atoms with Crippen molar-refractivity contribution in [1.82, 2.24) is 5.32 Å². The van der Waals surface area contributed by atoms with E-state index < -0.39 is 17.9 Å². The lowest BCUT2D eigenvalue weighted by molar-refractivity contribution is 0.0360. The highest BCUT2D eigenvalue weighted by Gasteiger charge is 2.18. The third kappa shape index (κ3) is 5.92. The van der Waals surface area contributed by atoms with Crippen LogP contribution in [0.15, 0.2) is 30.3 Å². The molecule has 0 aliphatic heterocycles. The predicted octanol–water partition coefficient (Wildman–Crippen LogP) is 2.07. The minimum atomic E-state index is -0.938. The van der Waals surface area contributed by atoms with E-state index >= 15 is 0 Å². The number of amides is 1. The maximum atomic E-state index is 11.4. The van der Waals surface area contributed by atoms with Crippen molar-refractivity contribution in [2.45, 2.75) is 39.0 Å². The van der Waals surface area contributed by atoms with Crippen LogP contribution >= 0.6 is 0 Å². The Labute approximate surface area is 102 Å². The summed E-state index contributed by atoms with van der Waals surface area (Å²) in [5.41, 5.74) is 0.396. The minimum absolute atomic E-state index is 0.361. The molecular formula is C13H19NO3. The molecule has 0 unspecified atom stereocenters. The number of rotatable bonds is 3. The Bertz CT molecular complexity index is 357. The summed E-state index contributed by atoms with van der Waals surface area (Å²) in [6, 6.07) is 9.45. The van der Waals surface area contributed by atoms with Gasteiger partial charge in [0.15, 0.2) is 0 Å². The van der Waals surface area contributed by atoms with Gasteiger partial charge in [0, 0.05) is 6.42 Å². The molecule has 0 aliphatic carbocycles. The number of nitrogens with one attached hydrogen (secondary N) is 1. The largest absolute Gasteiger partial charge is 0.444 e. The van der Waals surface area contributed by atoms with Crippen molar-refractivity contribution in [3.63, 3.8) is 0 Å². The maximum absolute atomic E-state index is 11.4. The van der Waals surface area contributed by atoms with Crippen LogP contribution in [0.1, 0.15) is 26.3 Å². The first-order valence-electron chi connectivity index (χ1n) is 5.58. The van der Waals surface area contributed by atoms with Crippen LogP contribution in [-0.2, 0) is 11.2 Å². The first-order chi connectivity index (χ1) is 7.87. The van der Waals surface area contributed by atoms with Gasteiger partial charge >= 0.3 is 6.09 Å². The second-order valence-corrected chi connectivity index (χ2v) is 4.85. The molecule has 0 aliphatic rings. The number of carbonyl (C=O) groups excluding carboxylic acids is 1. The lowest BCUT2D eigenvalue weighted by Gasteiger charge is -2.21. The van der Waals surface area contributed by atoms with Gasteiger partial charge in [-0.1, -0.05) is 30.3 Å². The Morgan fingerprint density at radius 2 is 1.94 bits per heavy atom. The van der Waals surface area contributed by atoms with Crippen LogP contribution in [0.2, 0.25) is 0 Å². The third-order valence-electron chi connectivity index (χ3n) is 1.96. The number of benzene rings is 1. The molecule has 4 heteroatoms. The van der Waals surface area contributed by atoms with Crippen LogP contribution in [0.3, 0.4) is 0 Å². The van der Waals surface area contributed by atoms with Gasteiger partial charge in [0.05, 0.1) is 0 Å². The monoisotopic (exact) mass is 237 g/mol. The zero-order chi connectivity index (χ0) is 12.9. The Morgan fingerprint density at radius 3 is 2.47 bits per heavy atom. The number of aliphatic hydroxyl groups is 1. The van der Waals surface area contributed by atoms with E-state index in [1.807, 2.05) is 30.3 Å². The van der Waals surface area contributed by atoms with E-state index in [4.69, 9.17) is 4.74 Å². The van der Waals surface area contributed by atoms with Gasteiger partial charge in [0.25, 0.3) is 0 Å². The lowest BCUT2D eigenvalue weighted by Crippen LogP contribution is -2.40. The molecule has 1 amide bonds. The van der Waals surface area contributed by atoms with Crippen molar-refractivity contribution in [1.29, 1.82) is 0 Å². The fourth-order valence-corrected chi connectivity index (χ4v) is 1.33. The lowest BCUT2D eigenvalue weighted by atomic mass is 10.1. The Morgan fingerprint density at radius 1 is 1.35 bits per heavy atom. The Balaban J connectivity index is 2.40. The number of ether oxygens (including phenoxy) is 1. The zero-order valence-electron chi connectivity index (χ0n) is 10.4. The van der Waals surface area contributed by atoms with Crippen LogP contribution in [0.5, 0.6) is 0 Å².